The Balaban J connectivity index is 1.66. The van der Waals surface area contributed by atoms with Crippen LogP contribution in [0, 0.1) is 0 Å². The van der Waals surface area contributed by atoms with Gasteiger partial charge in [-0.25, -0.2) is 0 Å². The van der Waals surface area contributed by atoms with E-state index in [4.69, 9.17) is 4.74 Å². The zero-order valence-corrected chi connectivity index (χ0v) is 15.1. The SMILES string of the molecule is COc1ccc(/N=C/C=C2\N3CCCc4cccc(c43)C2(C)C)cc1. The Morgan fingerprint density at radius 2 is 1.92 bits per heavy atom. The number of hydrogen-bond donors (Lipinski definition) is 0. The maximum absolute atomic E-state index is 5.19. The van der Waals surface area contributed by atoms with Gasteiger partial charge in [-0.1, -0.05) is 32.0 Å². The summed E-state index contributed by atoms with van der Waals surface area (Å²) in [6, 6.07) is 14.6. The monoisotopic (exact) mass is 332 g/mol. The van der Waals surface area contributed by atoms with Crippen molar-refractivity contribution in [2.75, 3.05) is 18.6 Å². The smallest absolute Gasteiger partial charge is 0.119 e. The Labute approximate surface area is 149 Å². The normalized spacial score (nSPS) is 19.5. The number of allylic oxidation sites excluding steroid dienone is 2. The van der Waals surface area contributed by atoms with Crippen molar-refractivity contribution in [2.45, 2.75) is 32.1 Å². The average Bonchev–Trinajstić information content (AvgIpc) is 2.86. The molecule has 2 heterocycles. The molecule has 0 N–H and O–H groups in total. The summed E-state index contributed by atoms with van der Waals surface area (Å²) >= 11 is 0. The van der Waals surface area contributed by atoms with Gasteiger partial charge in [-0.2, -0.15) is 0 Å². The summed E-state index contributed by atoms with van der Waals surface area (Å²) < 4.78 is 5.19. The van der Waals surface area contributed by atoms with Gasteiger partial charge in [0, 0.05) is 29.6 Å². The maximum atomic E-state index is 5.19. The highest BCUT2D eigenvalue weighted by Gasteiger charge is 2.41. The molecule has 0 spiro atoms. The number of nitrogens with zero attached hydrogens (tertiary/aromatic N) is 2. The molecule has 0 saturated heterocycles. The molecule has 0 atom stereocenters. The zero-order chi connectivity index (χ0) is 17.4. The molecule has 2 aromatic rings. The lowest BCUT2D eigenvalue weighted by Crippen LogP contribution is -2.29. The molecular formula is C22H24N2O. The predicted octanol–water partition coefficient (Wildman–Crippen LogP) is 5.03. The Hall–Kier alpha value is -2.55. The summed E-state index contributed by atoms with van der Waals surface area (Å²) in [5.74, 6) is 0.852. The molecule has 2 aliphatic rings. The summed E-state index contributed by atoms with van der Waals surface area (Å²) in [7, 11) is 1.68. The molecule has 3 nitrogen and oxygen atoms in total. The van der Waals surface area contributed by atoms with E-state index in [2.05, 4.69) is 48.0 Å². The summed E-state index contributed by atoms with van der Waals surface area (Å²) in [4.78, 5) is 7.09. The average molecular weight is 332 g/mol. The van der Waals surface area contributed by atoms with E-state index in [1.807, 2.05) is 30.5 Å². The lowest BCUT2D eigenvalue weighted by Gasteiger charge is -2.30. The van der Waals surface area contributed by atoms with Gasteiger partial charge in [0.2, 0.25) is 0 Å². The number of anilines is 1. The van der Waals surface area contributed by atoms with Crippen molar-refractivity contribution in [1.82, 2.24) is 0 Å². The van der Waals surface area contributed by atoms with Crippen molar-refractivity contribution in [1.29, 1.82) is 0 Å². The van der Waals surface area contributed by atoms with Crippen molar-refractivity contribution in [3.05, 3.63) is 65.4 Å². The van der Waals surface area contributed by atoms with Crippen LogP contribution in [0.3, 0.4) is 0 Å². The van der Waals surface area contributed by atoms with Crippen LogP contribution in [0.1, 0.15) is 31.4 Å². The quantitative estimate of drug-likeness (QED) is 0.737. The van der Waals surface area contributed by atoms with Crippen molar-refractivity contribution >= 4 is 17.6 Å². The van der Waals surface area contributed by atoms with Crippen molar-refractivity contribution in [3.8, 4) is 5.75 Å². The molecule has 0 unspecified atom stereocenters. The Kier molecular flexibility index (Phi) is 3.87. The van der Waals surface area contributed by atoms with Crippen molar-refractivity contribution in [3.63, 3.8) is 0 Å². The second-order valence-corrected chi connectivity index (χ2v) is 7.22. The van der Waals surface area contributed by atoms with Crippen LogP contribution in [0.15, 0.2) is 59.2 Å². The first kappa shape index (κ1) is 15.9. The van der Waals surface area contributed by atoms with E-state index in [-0.39, 0.29) is 5.41 Å². The summed E-state index contributed by atoms with van der Waals surface area (Å²) in [6.07, 6.45) is 6.50. The van der Waals surface area contributed by atoms with Crippen LogP contribution in [0.4, 0.5) is 11.4 Å². The highest BCUT2D eigenvalue weighted by atomic mass is 16.5. The number of para-hydroxylation sites is 1. The number of methoxy groups -OCH3 is 1. The van der Waals surface area contributed by atoms with Crippen LogP contribution in [0.25, 0.3) is 0 Å². The van der Waals surface area contributed by atoms with Gasteiger partial charge in [-0.05, 0) is 54.3 Å². The van der Waals surface area contributed by atoms with Gasteiger partial charge in [0.1, 0.15) is 5.75 Å². The Bertz CT molecular complexity index is 847. The Morgan fingerprint density at radius 3 is 2.68 bits per heavy atom. The molecule has 25 heavy (non-hydrogen) atoms. The lowest BCUT2D eigenvalue weighted by molar-refractivity contribution is 0.415. The van der Waals surface area contributed by atoms with Crippen molar-refractivity contribution < 1.29 is 4.74 Å². The minimum Gasteiger partial charge on any atom is -0.497 e. The molecule has 0 radical (unpaired) electrons. The van der Waals surface area contributed by atoms with Gasteiger partial charge in [-0.15, -0.1) is 0 Å². The van der Waals surface area contributed by atoms with Crippen LogP contribution >= 0.6 is 0 Å². The fourth-order valence-electron chi connectivity index (χ4n) is 4.03. The van der Waals surface area contributed by atoms with Crippen LogP contribution in [0.2, 0.25) is 0 Å². The number of benzene rings is 2. The number of hydrogen-bond acceptors (Lipinski definition) is 3. The van der Waals surface area contributed by atoms with Crippen LogP contribution in [0.5, 0.6) is 5.75 Å². The molecule has 2 aromatic carbocycles. The second-order valence-electron chi connectivity index (χ2n) is 7.22. The largest absolute Gasteiger partial charge is 0.497 e. The van der Waals surface area contributed by atoms with Crippen molar-refractivity contribution in [2.24, 2.45) is 4.99 Å². The maximum Gasteiger partial charge on any atom is 0.119 e. The molecule has 0 bridgehead atoms. The summed E-state index contributed by atoms with van der Waals surface area (Å²) in [5, 5.41) is 0. The predicted molar refractivity (Wildman–Crippen MR) is 104 cm³/mol. The van der Waals surface area contributed by atoms with Gasteiger partial charge in [0.15, 0.2) is 0 Å². The molecular weight excluding hydrogens is 308 g/mol. The van der Waals surface area contributed by atoms with E-state index in [1.54, 1.807) is 7.11 Å². The zero-order valence-electron chi connectivity index (χ0n) is 15.1. The number of aliphatic imine (C=N–C) groups is 1. The fraction of sp³-hybridized carbons (Fsp3) is 0.318. The highest BCUT2D eigenvalue weighted by Crippen LogP contribution is 2.50. The minimum atomic E-state index is 0.0155. The molecule has 4 rings (SSSR count). The fourth-order valence-corrected chi connectivity index (χ4v) is 4.03. The van der Waals surface area contributed by atoms with Gasteiger partial charge < -0.3 is 9.64 Å². The van der Waals surface area contributed by atoms with Crippen LogP contribution in [-0.4, -0.2) is 19.9 Å². The summed E-state index contributed by atoms with van der Waals surface area (Å²) in [5.41, 5.74) is 6.64. The number of rotatable bonds is 3. The van der Waals surface area contributed by atoms with E-state index in [0.717, 1.165) is 18.0 Å². The number of ether oxygens (including phenoxy) is 1. The van der Waals surface area contributed by atoms with Gasteiger partial charge in [0.05, 0.1) is 12.8 Å². The van der Waals surface area contributed by atoms with Crippen LogP contribution in [-0.2, 0) is 11.8 Å². The topological polar surface area (TPSA) is 24.8 Å². The van der Waals surface area contributed by atoms with E-state index in [0.29, 0.717) is 0 Å². The van der Waals surface area contributed by atoms with E-state index in [1.165, 1.54) is 35.4 Å². The van der Waals surface area contributed by atoms with Gasteiger partial charge in [-0.3, -0.25) is 4.99 Å². The van der Waals surface area contributed by atoms with Crippen LogP contribution < -0.4 is 9.64 Å². The Morgan fingerprint density at radius 1 is 1.12 bits per heavy atom. The second kappa shape index (κ2) is 6.07. The first-order chi connectivity index (χ1) is 12.1. The molecule has 0 fully saturated rings. The molecule has 0 aromatic heterocycles. The molecule has 0 amide bonds. The lowest BCUT2D eigenvalue weighted by atomic mass is 9.83. The first-order valence-electron chi connectivity index (χ1n) is 8.90. The highest BCUT2D eigenvalue weighted by molar-refractivity contribution is 5.82. The van der Waals surface area contributed by atoms with Gasteiger partial charge >= 0.3 is 0 Å². The molecule has 0 aliphatic carbocycles. The third kappa shape index (κ3) is 2.64. The summed E-state index contributed by atoms with van der Waals surface area (Å²) in [6.45, 7) is 5.72. The standard InChI is InChI=1S/C22H24N2O/c1-22(2)19-8-4-6-16-7-5-15-24(21(16)19)20(22)13-14-23-17-9-11-18(25-3)12-10-17/h4,6,8-14H,5,7,15H2,1-3H3/b20-13-,23-14+. The molecule has 128 valence electrons. The third-order valence-electron chi connectivity index (χ3n) is 5.35. The van der Waals surface area contributed by atoms with E-state index in [9.17, 15) is 0 Å². The number of aryl methyl sites for hydroxylation is 1. The van der Waals surface area contributed by atoms with Gasteiger partial charge in [0.25, 0.3) is 0 Å². The van der Waals surface area contributed by atoms with E-state index < -0.39 is 0 Å². The molecule has 0 saturated carbocycles. The van der Waals surface area contributed by atoms with E-state index >= 15 is 0 Å². The molecule has 2 aliphatic heterocycles. The first-order valence-corrected chi connectivity index (χ1v) is 8.90. The third-order valence-corrected chi connectivity index (χ3v) is 5.35. The molecule has 3 heteroatoms. The minimum absolute atomic E-state index is 0.0155.